The topological polar surface area (TPSA) is 66.4 Å². The normalized spacial score (nSPS) is 12.8. The summed E-state index contributed by atoms with van der Waals surface area (Å²) in [5, 5.41) is 8.63. The van der Waals surface area contributed by atoms with E-state index < -0.39 is 10.0 Å². The Kier molecular flexibility index (Phi) is 6.90. The summed E-state index contributed by atoms with van der Waals surface area (Å²) in [5.41, 5.74) is 0.677. The Balaban J connectivity index is 2.88. The van der Waals surface area contributed by atoms with Gasteiger partial charge in [-0.15, -0.1) is 0 Å². The molecule has 5 heteroatoms. The van der Waals surface area contributed by atoms with E-state index in [2.05, 4.69) is 30.4 Å². The monoisotopic (exact) mass is 309 g/mol. The maximum absolute atomic E-state index is 12.3. The average molecular weight is 309 g/mol. The lowest BCUT2D eigenvalue weighted by molar-refractivity contribution is 0.350. The van der Waals surface area contributed by atoms with Gasteiger partial charge in [0.2, 0.25) is 10.0 Å². The van der Waals surface area contributed by atoms with Crippen molar-refractivity contribution in [1.82, 2.24) is 4.72 Å². The predicted octanol–water partition coefficient (Wildman–Crippen LogP) is 2.13. The van der Waals surface area contributed by atoms with Gasteiger partial charge in [-0.1, -0.05) is 38.5 Å². The Bertz CT molecular complexity index is 593. The molecule has 0 fully saturated rings. The van der Waals surface area contributed by atoms with Gasteiger partial charge in [-0.3, -0.25) is 0 Å². The molecule has 0 heterocycles. The first-order chi connectivity index (χ1) is 9.94. The molecule has 1 atom stereocenters. The number of benzene rings is 1. The van der Waals surface area contributed by atoms with Crippen molar-refractivity contribution in [3.63, 3.8) is 0 Å². The van der Waals surface area contributed by atoms with Gasteiger partial charge in [0.05, 0.1) is 4.90 Å². The number of aliphatic hydroxyl groups excluding tert-OH is 1. The SMILES string of the molecule is CCC(CC)C(C)NS(=O)(=O)c1ccc(C#CCO)cc1. The lowest BCUT2D eigenvalue weighted by atomic mass is 9.96. The zero-order chi connectivity index (χ0) is 15.9. The summed E-state index contributed by atoms with van der Waals surface area (Å²) in [6, 6.07) is 6.24. The van der Waals surface area contributed by atoms with Crippen LogP contribution in [-0.2, 0) is 10.0 Å². The van der Waals surface area contributed by atoms with Gasteiger partial charge >= 0.3 is 0 Å². The van der Waals surface area contributed by atoms with E-state index in [1.807, 2.05) is 6.92 Å². The highest BCUT2D eigenvalue weighted by Gasteiger charge is 2.21. The van der Waals surface area contributed by atoms with Crippen molar-refractivity contribution in [3.8, 4) is 11.8 Å². The molecule has 0 aliphatic rings. The summed E-state index contributed by atoms with van der Waals surface area (Å²) < 4.78 is 27.4. The van der Waals surface area contributed by atoms with Gasteiger partial charge < -0.3 is 5.11 Å². The number of nitrogens with one attached hydrogen (secondary N) is 1. The van der Waals surface area contributed by atoms with Gasteiger partial charge in [0.1, 0.15) is 6.61 Å². The van der Waals surface area contributed by atoms with Crippen LogP contribution in [0.3, 0.4) is 0 Å². The van der Waals surface area contributed by atoms with Crippen molar-refractivity contribution in [2.75, 3.05) is 6.61 Å². The summed E-state index contributed by atoms with van der Waals surface area (Å²) in [7, 11) is -3.51. The number of aliphatic hydroxyl groups is 1. The van der Waals surface area contributed by atoms with E-state index in [4.69, 9.17) is 5.11 Å². The molecule has 0 saturated heterocycles. The quantitative estimate of drug-likeness (QED) is 0.791. The molecule has 1 aromatic carbocycles. The van der Waals surface area contributed by atoms with Crippen LogP contribution in [0.2, 0.25) is 0 Å². The fraction of sp³-hybridized carbons (Fsp3) is 0.500. The van der Waals surface area contributed by atoms with Gasteiger partial charge in [0.25, 0.3) is 0 Å². The van der Waals surface area contributed by atoms with Crippen LogP contribution in [-0.4, -0.2) is 26.2 Å². The van der Waals surface area contributed by atoms with Crippen molar-refractivity contribution in [1.29, 1.82) is 0 Å². The second-order valence-corrected chi connectivity index (χ2v) is 6.68. The van der Waals surface area contributed by atoms with Crippen molar-refractivity contribution < 1.29 is 13.5 Å². The highest BCUT2D eigenvalue weighted by molar-refractivity contribution is 7.89. The first-order valence-electron chi connectivity index (χ1n) is 7.16. The van der Waals surface area contributed by atoms with Gasteiger partial charge in [-0.2, -0.15) is 0 Å². The number of hydrogen-bond acceptors (Lipinski definition) is 3. The first-order valence-corrected chi connectivity index (χ1v) is 8.65. The van der Waals surface area contributed by atoms with E-state index in [-0.39, 0.29) is 17.5 Å². The minimum atomic E-state index is -3.51. The van der Waals surface area contributed by atoms with E-state index in [1.165, 1.54) is 12.1 Å². The van der Waals surface area contributed by atoms with Gasteiger partial charge in [-0.25, -0.2) is 13.1 Å². The molecule has 1 aromatic rings. The molecule has 116 valence electrons. The van der Waals surface area contributed by atoms with Crippen LogP contribution in [0.25, 0.3) is 0 Å². The van der Waals surface area contributed by atoms with Crippen LogP contribution in [0.5, 0.6) is 0 Å². The largest absolute Gasteiger partial charge is 0.384 e. The summed E-state index contributed by atoms with van der Waals surface area (Å²) in [5.74, 6) is 5.59. The fourth-order valence-corrected chi connectivity index (χ4v) is 3.58. The van der Waals surface area contributed by atoms with Crippen LogP contribution in [0, 0.1) is 17.8 Å². The number of hydrogen-bond donors (Lipinski definition) is 2. The Hall–Kier alpha value is -1.35. The van der Waals surface area contributed by atoms with Crippen LogP contribution in [0.1, 0.15) is 39.2 Å². The number of sulfonamides is 1. The van der Waals surface area contributed by atoms with E-state index in [1.54, 1.807) is 12.1 Å². The molecule has 1 unspecified atom stereocenters. The molecule has 0 radical (unpaired) electrons. The predicted molar refractivity (Wildman–Crippen MR) is 84.3 cm³/mol. The van der Waals surface area contributed by atoms with E-state index in [0.717, 1.165) is 12.8 Å². The molecule has 1 rings (SSSR count). The van der Waals surface area contributed by atoms with Crippen molar-refractivity contribution in [2.24, 2.45) is 5.92 Å². The third-order valence-corrected chi connectivity index (χ3v) is 5.15. The zero-order valence-corrected chi connectivity index (χ0v) is 13.6. The third kappa shape index (κ3) is 5.16. The van der Waals surface area contributed by atoms with E-state index in [9.17, 15) is 8.42 Å². The standard InChI is InChI=1S/C16H23NO3S/c1-4-15(5-2)13(3)17-21(19,20)16-10-8-14(9-11-16)7-6-12-18/h8-11,13,15,17-18H,4-5,12H2,1-3H3. The molecule has 4 nitrogen and oxygen atoms in total. The van der Waals surface area contributed by atoms with Gasteiger partial charge in [-0.05, 0) is 37.1 Å². The third-order valence-electron chi connectivity index (χ3n) is 3.57. The van der Waals surface area contributed by atoms with E-state index in [0.29, 0.717) is 11.5 Å². The highest BCUT2D eigenvalue weighted by Crippen LogP contribution is 2.16. The smallest absolute Gasteiger partial charge is 0.240 e. The molecule has 21 heavy (non-hydrogen) atoms. The van der Waals surface area contributed by atoms with Crippen LogP contribution < -0.4 is 4.72 Å². The molecule has 0 amide bonds. The summed E-state index contributed by atoms with van der Waals surface area (Å²) >= 11 is 0. The summed E-state index contributed by atoms with van der Waals surface area (Å²) in [6.07, 6.45) is 1.88. The Morgan fingerprint density at radius 2 is 1.76 bits per heavy atom. The summed E-state index contributed by atoms with van der Waals surface area (Å²) in [6.45, 7) is 5.81. The second-order valence-electron chi connectivity index (χ2n) is 4.97. The maximum Gasteiger partial charge on any atom is 0.240 e. The summed E-state index contributed by atoms with van der Waals surface area (Å²) in [4.78, 5) is 0.231. The van der Waals surface area contributed by atoms with Crippen molar-refractivity contribution >= 4 is 10.0 Å². The Labute approximate surface area is 127 Å². The van der Waals surface area contributed by atoms with Crippen LogP contribution in [0.4, 0.5) is 0 Å². The van der Waals surface area contributed by atoms with Crippen LogP contribution >= 0.6 is 0 Å². The van der Waals surface area contributed by atoms with Gasteiger partial charge in [0.15, 0.2) is 0 Å². The maximum atomic E-state index is 12.3. The van der Waals surface area contributed by atoms with E-state index >= 15 is 0 Å². The average Bonchev–Trinajstić information content (AvgIpc) is 2.46. The molecule has 0 aliphatic heterocycles. The van der Waals surface area contributed by atoms with Gasteiger partial charge in [0, 0.05) is 11.6 Å². The van der Waals surface area contributed by atoms with Crippen LogP contribution in [0.15, 0.2) is 29.2 Å². The Morgan fingerprint density at radius 1 is 1.19 bits per heavy atom. The molecular formula is C16H23NO3S. The molecule has 0 aliphatic carbocycles. The Morgan fingerprint density at radius 3 is 2.24 bits per heavy atom. The number of rotatable bonds is 6. The zero-order valence-electron chi connectivity index (χ0n) is 12.8. The first kappa shape index (κ1) is 17.7. The molecule has 0 spiro atoms. The molecule has 0 bridgehead atoms. The lowest BCUT2D eigenvalue weighted by Crippen LogP contribution is -2.37. The molecular weight excluding hydrogens is 286 g/mol. The molecule has 0 saturated carbocycles. The van der Waals surface area contributed by atoms with Crippen molar-refractivity contribution in [3.05, 3.63) is 29.8 Å². The lowest BCUT2D eigenvalue weighted by Gasteiger charge is -2.22. The van der Waals surface area contributed by atoms with Crippen molar-refractivity contribution in [2.45, 2.75) is 44.6 Å². The second kappa shape index (κ2) is 8.18. The minimum absolute atomic E-state index is 0.0983. The highest BCUT2D eigenvalue weighted by atomic mass is 32.2. The molecule has 0 aromatic heterocycles. The fourth-order valence-electron chi connectivity index (χ4n) is 2.26. The molecule has 2 N–H and O–H groups in total. The minimum Gasteiger partial charge on any atom is -0.384 e.